The molecule has 1 fully saturated rings. The highest BCUT2D eigenvalue weighted by Gasteiger charge is 2.20. The molecular formula is C18H16N6O. The van der Waals surface area contributed by atoms with E-state index >= 15 is 0 Å². The molecule has 3 aromatic heterocycles. The lowest BCUT2D eigenvalue weighted by atomic mass is 10.1. The first kappa shape index (κ1) is 14.3. The number of rotatable bonds is 3. The Balaban J connectivity index is 1.50. The Labute approximate surface area is 143 Å². The number of nitrogens with zero attached hydrogens (tertiary/aromatic N) is 6. The molecule has 1 aliphatic rings. The standard InChI is InChI=1S/C18H16N6O/c1-2-4-14(3-1)24-16-6-5-13(11-15(16)21-23-24)17-20-18(25-22-17)12-7-9-19-10-8-12/h5-11,14H,1-4H2. The van der Waals surface area contributed by atoms with E-state index in [2.05, 4.69) is 30.1 Å². The Hall–Kier alpha value is -3.09. The highest BCUT2D eigenvalue weighted by atomic mass is 16.5. The fourth-order valence-electron chi connectivity index (χ4n) is 3.45. The first-order chi connectivity index (χ1) is 12.4. The Morgan fingerprint density at radius 2 is 1.84 bits per heavy atom. The van der Waals surface area contributed by atoms with Crippen molar-refractivity contribution in [1.29, 1.82) is 0 Å². The predicted molar refractivity (Wildman–Crippen MR) is 91.6 cm³/mol. The predicted octanol–water partition coefficient (Wildman–Crippen LogP) is 3.66. The van der Waals surface area contributed by atoms with Crippen LogP contribution in [0.4, 0.5) is 0 Å². The van der Waals surface area contributed by atoms with Crippen molar-refractivity contribution < 1.29 is 4.52 Å². The maximum Gasteiger partial charge on any atom is 0.258 e. The maximum absolute atomic E-state index is 5.37. The molecule has 25 heavy (non-hydrogen) atoms. The van der Waals surface area contributed by atoms with Crippen LogP contribution in [0.5, 0.6) is 0 Å². The minimum absolute atomic E-state index is 0.472. The fourth-order valence-corrected chi connectivity index (χ4v) is 3.45. The van der Waals surface area contributed by atoms with Crippen LogP contribution in [0.2, 0.25) is 0 Å². The smallest absolute Gasteiger partial charge is 0.258 e. The van der Waals surface area contributed by atoms with Crippen molar-refractivity contribution >= 4 is 11.0 Å². The maximum atomic E-state index is 5.37. The minimum Gasteiger partial charge on any atom is -0.334 e. The van der Waals surface area contributed by atoms with Crippen molar-refractivity contribution in [2.45, 2.75) is 31.7 Å². The van der Waals surface area contributed by atoms with Gasteiger partial charge in [-0.3, -0.25) is 4.98 Å². The number of pyridine rings is 1. The van der Waals surface area contributed by atoms with E-state index in [4.69, 9.17) is 4.52 Å². The molecule has 0 atom stereocenters. The van der Waals surface area contributed by atoms with Crippen LogP contribution in [0, 0.1) is 0 Å². The highest BCUT2D eigenvalue weighted by molar-refractivity contribution is 5.80. The summed E-state index contributed by atoms with van der Waals surface area (Å²) >= 11 is 0. The summed E-state index contributed by atoms with van der Waals surface area (Å²) in [5.74, 6) is 1.02. The topological polar surface area (TPSA) is 82.5 Å². The molecule has 0 spiro atoms. The fraction of sp³-hybridized carbons (Fsp3) is 0.278. The molecule has 7 heteroatoms. The van der Waals surface area contributed by atoms with E-state index in [1.54, 1.807) is 12.4 Å². The summed E-state index contributed by atoms with van der Waals surface area (Å²) in [5, 5.41) is 12.8. The second-order valence-electron chi connectivity index (χ2n) is 6.33. The minimum atomic E-state index is 0.472. The van der Waals surface area contributed by atoms with Gasteiger partial charge in [-0.2, -0.15) is 4.98 Å². The lowest BCUT2D eigenvalue weighted by molar-refractivity contribution is 0.432. The molecule has 7 nitrogen and oxygen atoms in total. The second-order valence-corrected chi connectivity index (χ2v) is 6.33. The van der Waals surface area contributed by atoms with Gasteiger partial charge in [0.15, 0.2) is 0 Å². The van der Waals surface area contributed by atoms with Crippen LogP contribution in [-0.4, -0.2) is 30.1 Å². The van der Waals surface area contributed by atoms with Gasteiger partial charge in [-0.1, -0.05) is 23.2 Å². The molecule has 124 valence electrons. The number of fused-ring (bicyclic) bond motifs is 1. The van der Waals surface area contributed by atoms with Crippen molar-refractivity contribution in [1.82, 2.24) is 30.1 Å². The third-order valence-corrected chi connectivity index (χ3v) is 4.75. The molecule has 1 saturated carbocycles. The van der Waals surface area contributed by atoms with Crippen LogP contribution >= 0.6 is 0 Å². The zero-order chi connectivity index (χ0) is 16.6. The summed E-state index contributed by atoms with van der Waals surface area (Å²) in [6.07, 6.45) is 8.30. The lowest BCUT2D eigenvalue weighted by Gasteiger charge is -2.09. The average Bonchev–Trinajstić information content (AvgIpc) is 3.41. The largest absolute Gasteiger partial charge is 0.334 e. The Bertz CT molecular complexity index is 1020. The molecule has 0 amide bonds. The van der Waals surface area contributed by atoms with Gasteiger partial charge in [-0.05, 0) is 43.2 Å². The third kappa shape index (κ3) is 2.48. The Morgan fingerprint density at radius 3 is 2.68 bits per heavy atom. The molecule has 4 aromatic rings. The van der Waals surface area contributed by atoms with Crippen LogP contribution < -0.4 is 0 Å². The summed E-state index contributed by atoms with van der Waals surface area (Å²) in [4.78, 5) is 8.48. The molecule has 0 radical (unpaired) electrons. The van der Waals surface area contributed by atoms with E-state index in [1.165, 1.54) is 25.7 Å². The monoisotopic (exact) mass is 332 g/mol. The molecule has 0 aliphatic heterocycles. The van der Waals surface area contributed by atoms with Crippen molar-refractivity contribution in [2.75, 3.05) is 0 Å². The molecule has 0 unspecified atom stereocenters. The van der Waals surface area contributed by atoms with Gasteiger partial charge in [0.2, 0.25) is 5.82 Å². The zero-order valence-electron chi connectivity index (χ0n) is 13.5. The Morgan fingerprint density at radius 1 is 1.00 bits per heavy atom. The van der Waals surface area contributed by atoms with Crippen molar-refractivity contribution in [3.05, 3.63) is 42.7 Å². The van der Waals surface area contributed by atoms with Crippen molar-refractivity contribution in [2.24, 2.45) is 0 Å². The molecule has 5 rings (SSSR count). The first-order valence-corrected chi connectivity index (χ1v) is 8.48. The summed E-state index contributed by atoms with van der Waals surface area (Å²) in [6.45, 7) is 0. The van der Waals surface area contributed by atoms with Gasteiger partial charge < -0.3 is 4.52 Å². The summed E-state index contributed by atoms with van der Waals surface area (Å²) in [6, 6.07) is 10.2. The van der Waals surface area contributed by atoms with Crippen molar-refractivity contribution in [3.8, 4) is 22.8 Å². The van der Waals surface area contributed by atoms with E-state index in [-0.39, 0.29) is 0 Å². The van der Waals surface area contributed by atoms with Gasteiger partial charge in [0.05, 0.1) is 11.6 Å². The van der Waals surface area contributed by atoms with Crippen LogP contribution in [0.15, 0.2) is 47.2 Å². The number of aromatic nitrogens is 6. The van der Waals surface area contributed by atoms with Gasteiger partial charge in [-0.15, -0.1) is 5.10 Å². The van der Waals surface area contributed by atoms with E-state index < -0.39 is 0 Å². The first-order valence-electron chi connectivity index (χ1n) is 8.48. The summed E-state index contributed by atoms with van der Waals surface area (Å²) in [7, 11) is 0. The Kier molecular flexibility index (Phi) is 3.29. The van der Waals surface area contributed by atoms with Gasteiger partial charge >= 0.3 is 0 Å². The van der Waals surface area contributed by atoms with Gasteiger partial charge in [0.25, 0.3) is 5.89 Å². The van der Waals surface area contributed by atoms with Crippen molar-refractivity contribution in [3.63, 3.8) is 0 Å². The molecule has 0 bridgehead atoms. The zero-order valence-corrected chi connectivity index (χ0v) is 13.5. The molecule has 3 heterocycles. The van der Waals surface area contributed by atoms with Crippen LogP contribution in [0.1, 0.15) is 31.7 Å². The van der Waals surface area contributed by atoms with E-state index in [0.717, 1.165) is 22.2 Å². The van der Waals surface area contributed by atoms with Gasteiger partial charge in [0.1, 0.15) is 5.52 Å². The second kappa shape index (κ2) is 5.77. The summed E-state index contributed by atoms with van der Waals surface area (Å²) in [5.41, 5.74) is 3.64. The third-order valence-electron chi connectivity index (χ3n) is 4.75. The lowest BCUT2D eigenvalue weighted by Crippen LogP contribution is -2.06. The quantitative estimate of drug-likeness (QED) is 0.569. The molecule has 0 N–H and O–H groups in total. The van der Waals surface area contributed by atoms with Gasteiger partial charge in [0, 0.05) is 23.5 Å². The SMILES string of the molecule is c1cc(-c2nc(-c3ccc4c(c3)nnn4C3CCCC3)no2)ccn1. The number of hydrogen-bond acceptors (Lipinski definition) is 6. The van der Waals surface area contributed by atoms with E-state index in [1.807, 2.05) is 30.3 Å². The van der Waals surface area contributed by atoms with E-state index in [9.17, 15) is 0 Å². The van der Waals surface area contributed by atoms with Crippen LogP contribution in [-0.2, 0) is 0 Å². The van der Waals surface area contributed by atoms with Crippen LogP contribution in [0.25, 0.3) is 33.9 Å². The van der Waals surface area contributed by atoms with Gasteiger partial charge in [-0.25, -0.2) is 4.68 Å². The highest BCUT2D eigenvalue weighted by Crippen LogP contribution is 2.32. The van der Waals surface area contributed by atoms with Crippen LogP contribution in [0.3, 0.4) is 0 Å². The number of benzene rings is 1. The molecule has 0 saturated heterocycles. The van der Waals surface area contributed by atoms with E-state index in [0.29, 0.717) is 17.8 Å². The molecular weight excluding hydrogens is 316 g/mol. The molecule has 1 aliphatic carbocycles. The average molecular weight is 332 g/mol. The summed E-state index contributed by atoms with van der Waals surface area (Å²) < 4.78 is 7.43. The number of hydrogen-bond donors (Lipinski definition) is 0. The molecule has 1 aromatic carbocycles. The normalized spacial score (nSPS) is 15.2.